The van der Waals surface area contributed by atoms with E-state index in [0.29, 0.717) is 13.0 Å². The van der Waals surface area contributed by atoms with E-state index >= 15 is 0 Å². The van der Waals surface area contributed by atoms with Crippen LogP contribution in [0.3, 0.4) is 0 Å². The van der Waals surface area contributed by atoms with Gasteiger partial charge in [0, 0.05) is 19.0 Å². The highest BCUT2D eigenvalue weighted by Crippen LogP contribution is 2.29. The molecule has 0 spiro atoms. The fourth-order valence-electron chi connectivity index (χ4n) is 0.916. The molecular weight excluding hydrogens is 243 g/mol. The molecule has 0 atom stereocenters. The fraction of sp³-hybridized carbons (Fsp3) is 0.333. The van der Waals surface area contributed by atoms with Crippen LogP contribution in [0.4, 0.5) is 19.0 Å². The second kappa shape index (κ2) is 5.03. The van der Waals surface area contributed by atoms with E-state index in [-0.39, 0.29) is 5.82 Å². The normalized spacial score (nSPS) is 10.9. The summed E-state index contributed by atoms with van der Waals surface area (Å²) in [5.41, 5.74) is -1.09. The number of hydrogen-bond donors (Lipinski definition) is 1. The third kappa shape index (κ3) is 3.59. The number of nitrogens with zero attached hydrogens (tertiary/aromatic N) is 2. The second-order valence-corrected chi connectivity index (χ2v) is 3.12. The molecule has 0 unspecified atom stereocenters. The molecule has 16 heavy (non-hydrogen) atoms. The van der Waals surface area contributed by atoms with Gasteiger partial charge in [-0.25, -0.2) is 9.97 Å². The average Bonchev–Trinajstić information content (AvgIpc) is 2.16. The molecule has 3 nitrogen and oxygen atoms in total. The number of nitrogens with one attached hydrogen (secondary N) is 1. The second-order valence-electron chi connectivity index (χ2n) is 2.79. The average molecular weight is 250 g/mol. The van der Waals surface area contributed by atoms with Gasteiger partial charge in [-0.1, -0.05) is 0 Å². The van der Waals surface area contributed by atoms with Gasteiger partial charge < -0.3 is 5.32 Å². The Morgan fingerprint density at radius 3 is 2.69 bits per heavy atom. The molecule has 1 heterocycles. The van der Waals surface area contributed by atoms with E-state index in [0.717, 1.165) is 6.07 Å². The van der Waals surface area contributed by atoms with Crippen molar-refractivity contribution in [3.05, 3.63) is 17.0 Å². The summed E-state index contributed by atoms with van der Waals surface area (Å²) in [6.45, 7) is 0.321. The van der Waals surface area contributed by atoms with Crippen LogP contribution >= 0.6 is 11.6 Å². The number of alkyl halides is 3. The first-order valence-corrected chi connectivity index (χ1v) is 4.60. The lowest BCUT2D eigenvalue weighted by Gasteiger charge is -2.08. The zero-order valence-electron chi connectivity index (χ0n) is 7.98. The molecule has 1 aromatic rings. The van der Waals surface area contributed by atoms with Crippen LogP contribution in [0.2, 0.25) is 5.28 Å². The van der Waals surface area contributed by atoms with Crippen LogP contribution in [0, 0.1) is 12.3 Å². The maximum atomic E-state index is 12.3. The van der Waals surface area contributed by atoms with Crippen molar-refractivity contribution >= 4 is 17.4 Å². The van der Waals surface area contributed by atoms with Crippen molar-refractivity contribution in [1.82, 2.24) is 9.97 Å². The molecule has 0 saturated carbocycles. The van der Waals surface area contributed by atoms with Gasteiger partial charge in [0.15, 0.2) is 5.69 Å². The Balaban J connectivity index is 2.87. The molecule has 0 aromatic carbocycles. The van der Waals surface area contributed by atoms with Crippen molar-refractivity contribution in [2.75, 3.05) is 11.9 Å². The molecule has 0 fully saturated rings. The summed E-state index contributed by atoms with van der Waals surface area (Å²) in [5.74, 6) is 2.34. The first-order chi connectivity index (χ1) is 7.43. The zero-order valence-corrected chi connectivity index (χ0v) is 8.73. The number of halogens is 4. The van der Waals surface area contributed by atoms with Crippen LogP contribution in [-0.2, 0) is 6.18 Å². The Hall–Kier alpha value is -1.48. The van der Waals surface area contributed by atoms with Crippen molar-refractivity contribution in [1.29, 1.82) is 0 Å². The molecule has 0 aliphatic carbocycles. The van der Waals surface area contributed by atoms with E-state index in [1.165, 1.54) is 0 Å². The first-order valence-electron chi connectivity index (χ1n) is 4.22. The van der Waals surface area contributed by atoms with E-state index in [1.54, 1.807) is 0 Å². The van der Waals surface area contributed by atoms with E-state index in [4.69, 9.17) is 18.0 Å². The van der Waals surface area contributed by atoms with E-state index < -0.39 is 17.2 Å². The summed E-state index contributed by atoms with van der Waals surface area (Å²) in [7, 11) is 0. The van der Waals surface area contributed by atoms with Gasteiger partial charge >= 0.3 is 6.18 Å². The molecule has 86 valence electrons. The van der Waals surface area contributed by atoms with E-state index in [9.17, 15) is 13.2 Å². The minimum Gasteiger partial charge on any atom is -0.369 e. The molecule has 1 aromatic heterocycles. The number of hydrogen-bond acceptors (Lipinski definition) is 3. The van der Waals surface area contributed by atoms with Crippen molar-refractivity contribution in [2.24, 2.45) is 0 Å². The Morgan fingerprint density at radius 1 is 1.44 bits per heavy atom. The van der Waals surface area contributed by atoms with Crippen molar-refractivity contribution < 1.29 is 13.2 Å². The highest BCUT2D eigenvalue weighted by atomic mass is 35.5. The van der Waals surface area contributed by atoms with Crippen LogP contribution in [0.5, 0.6) is 0 Å². The molecule has 0 aliphatic rings. The summed E-state index contributed by atoms with van der Waals surface area (Å²) in [5, 5.41) is 2.16. The van der Waals surface area contributed by atoms with Gasteiger partial charge in [-0.3, -0.25) is 0 Å². The first kappa shape index (κ1) is 12.6. The third-order valence-corrected chi connectivity index (χ3v) is 1.73. The summed E-state index contributed by atoms with van der Waals surface area (Å²) in [6, 6.07) is 0.780. The summed E-state index contributed by atoms with van der Waals surface area (Å²) >= 11 is 5.37. The molecule has 7 heteroatoms. The maximum absolute atomic E-state index is 12.3. The van der Waals surface area contributed by atoms with Crippen molar-refractivity contribution in [3.63, 3.8) is 0 Å². The lowest BCUT2D eigenvalue weighted by Crippen LogP contribution is -2.11. The van der Waals surface area contributed by atoms with Crippen LogP contribution in [-0.4, -0.2) is 16.5 Å². The monoisotopic (exact) mass is 249 g/mol. The summed E-state index contributed by atoms with van der Waals surface area (Å²) in [6.07, 6.45) is 0.824. The highest BCUT2D eigenvalue weighted by molar-refractivity contribution is 6.28. The molecule has 1 N–H and O–H groups in total. The van der Waals surface area contributed by atoms with Crippen LogP contribution < -0.4 is 5.32 Å². The minimum atomic E-state index is -4.55. The van der Waals surface area contributed by atoms with Gasteiger partial charge in [-0.15, -0.1) is 12.3 Å². The van der Waals surface area contributed by atoms with Crippen molar-refractivity contribution in [3.8, 4) is 12.3 Å². The standard InChI is InChI=1S/C9H7ClF3N3/c1-2-3-4-14-7-5-6(9(11,12)13)15-8(10)16-7/h1,5H,3-4H2,(H,14,15,16). The smallest absolute Gasteiger partial charge is 0.369 e. The molecule has 0 amide bonds. The maximum Gasteiger partial charge on any atom is 0.433 e. The number of aromatic nitrogens is 2. The fourth-order valence-corrected chi connectivity index (χ4v) is 1.10. The van der Waals surface area contributed by atoms with Crippen LogP contribution in [0.15, 0.2) is 6.07 Å². The SMILES string of the molecule is C#CCCNc1cc(C(F)(F)F)nc(Cl)n1. The minimum absolute atomic E-state index is 0.00238. The van der Waals surface area contributed by atoms with Gasteiger partial charge in [0.05, 0.1) is 0 Å². The molecule has 0 radical (unpaired) electrons. The number of rotatable bonds is 3. The van der Waals surface area contributed by atoms with E-state index in [1.807, 2.05) is 0 Å². The topological polar surface area (TPSA) is 37.8 Å². The summed E-state index contributed by atoms with van der Waals surface area (Å²) < 4.78 is 37.0. The van der Waals surface area contributed by atoms with Gasteiger partial charge in [-0.05, 0) is 11.6 Å². The Kier molecular flexibility index (Phi) is 3.96. The van der Waals surface area contributed by atoms with E-state index in [2.05, 4.69) is 21.2 Å². The zero-order chi connectivity index (χ0) is 12.2. The molecule has 0 aliphatic heterocycles. The number of terminal acetylenes is 1. The predicted molar refractivity (Wildman–Crippen MR) is 54.0 cm³/mol. The summed E-state index contributed by atoms with van der Waals surface area (Å²) in [4.78, 5) is 6.68. The molecule has 1 rings (SSSR count). The van der Waals surface area contributed by atoms with Gasteiger partial charge in [-0.2, -0.15) is 13.2 Å². The van der Waals surface area contributed by atoms with Gasteiger partial charge in [0.2, 0.25) is 5.28 Å². The molecule has 0 saturated heterocycles. The largest absolute Gasteiger partial charge is 0.433 e. The highest BCUT2D eigenvalue weighted by Gasteiger charge is 2.33. The third-order valence-electron chi connectivity index (χ3n) is 1.56. The van der Waals surface area contributed by atoms with Gasteiger partial charge in [0.25, 0.3) is 0 Å². The quantitative estimate of drug-likeness (QED) is 0.508. The van der Waals surface area contributed by atoms with Crippen LogP contribution in [0.25, 0.3) is 0 Å². The lowest BCUT2D eigenvalue weighted by atomic mass is 10.3. The number of anilines is 1. The van der Waals surface area contributed by atoms with Gasteiger partial charge in [0.1, 0.15) is 5.82 Å². The van der Waals surface area contributed by atoms with Crippen molar-refractivity contribution in [2.45, 2.75) is 12.6 Å². The molecular formula is C9H7ClF3N3. The Morgan fingerprint density at radius 2 is 2.12 bits per heavy atom. The van der Waals surface area contributed by atoms with Crippen LogP contribution in [0.1, 0.15) is 12.1 Å². The Bertz CT molecular complexity index is 411. The lowest BCUT2D eigenvalue weighted by molar-refractivity contribution is -0.141. The molecule has 0 bridgehead atoms. The Labute approximate surface area is 95.0 Å². The predicted octanol–water partition coefficient (Wildman–Crippen LogP) is 2.58.